The highest BCUT2D eigenvalue weighted by Gasteiger charge is 2.17. The first-order valence-corrected chi connectivity index (χ1v) is 7.43. The molecule has 3 rings (SSSR count). The molecule has 1 fully saturated rings. The summed E-state index contributed by atoms with van der Waals surface area (Å²) in [6.45, 7) is 2.53. The molecule has 2 heterocycles. The molecule has 1 aromatic carbocycles. The van der Waals surface area contributed by atoms with Gasteiger partial charge in [-0.25, -0.2) is 0 Å². The smallest absolute Gasteiger partial charge is 0.121 e. The van der Waals surface area contributed by atoms with Crippen molar-refractivity contribution in [1.82, 2.24) is 4.98 Å². The minimum atomic E-state index is 0.277. The molecule has 21 heavy (non-hydrogen) atoms. The van der Waals surface area contributed by atoms with Crippen molar-refractivity contribution in [3.63, 3.8) is 0 Å². The summed E-state index contributed by atoms with van der Waals surface area (Å²) in [6, 6.07) is 12.4. The topological polar surface area (TPSA) is 51.4 Å². The second kappa shape index (κ2) is 6.59. The molecule has 0 radical (unpaired) electrons. The quantitative estimate of drug-likeness (QED) is 0.937. The van der Waals surface area contributed by atoms with Crippen LogP contribution in [0.4, 0.5) is 5.69 Å². The van der Waals surface area contributed by atoms with Gasteiger partial charge in [0.05, 0.1) is 0 Å². The monoisotopic (exact) mass is 283 g/mol. The van der Waals surface area contributed by atoms with Gasteiger partial charge in [-0.3, -0.25) is 4.98 Å². The third kappa shape index (κ3) is 3.73. The minimum Gasteiger partial charge on any atom is -0.489 e. The van der Waals surface area contributed by atoms with E-state index in [9.17, 15) is 0 Å². The van der Waals surface area contributed by atoms with Gasteiger partial charge in [0, 0.05) is 48.8 Å². The van der Waals surface area contributed by atoms with Crippen molar-refractivity contribution in [2.45, 2.75) is 25.5 Å². The van der Waals surface area contributed by atoms with Crippen molar-refractivity contribution in [2.75, 3.05) is 18.0 Å². The molecule has 0 saturated carbocycles. The summed E-state index contributed by atoms with van der Waals surface area (Å²) in [6.07, 6.45) is 5.87. The molecule has 1 unspecified atom stereocenters. The molecule has 4 heteroatoms. The molecule has 1 atom stereocenters. The molecule has 4 nitrogen and oxygen atoms in total. The van der Waals surface area contributed by atoms with Crippen molar-refractivity contribution in [1.29, 1.82) is 0 Å². The number of nitrogens with two attached hydrogens (primary N) is 1. The van der Waals surface area contributed by atoms with E-state index >= 15 is 0 Å². The van der Waals surface area contributed by atoms with E-state index < -0.39 is 0 Å². The van der Waals surface area contributed by atoms with Gasteiger partial charge in [-0.1, -0.05) is 12.1 Å². The van der Waals surface area contributed by atoms with Gasteiger partial charge >= 0.3 is 0 Å². The summed E-state index contributed by atoms with van der Waals surface area (Å²) >= 11 is 0. The highest BCUT2D eigenvalue weighted by Crippen LogP contribution is 2.24. The summed E-state index contributed by atoms with van der Waals surface area (Å²) in [5, 5.41) is 0. The highest BCUT2D eigenvalue weighted by atomic mass is 16.5. The van der Waals surface area contributed by atoms with Crippen LogP contribution in [0.3, 0.4) is 0 Å². The van der Waals surface area contributed by atoms with E-state index in [4.69, 9.17) is 10.5 Å². The fraction of sp³-hybridized carbons (Fsp3) is 0.353. The van der Waals surface area contributed by atoms with Gasteiger partial charge in [0.25, 0.3) is 0 Å². The standard InChI is InChI=1S/C17H21N3O/c18-15-5-3-9-20(12-15)16-6-1-7-17(10-16)21-13-14-4-2-8-19-11-14/h1-2,4,6-8,10-11,15H,3,5,9,12-13,18H2. The van der Waals surface area contributed by atoms with E-state index in [0.717, 1.165) is 37.2 Å². The molecule has 0 amide bonds. The van der Waals surface area contributed by atoms with Crippen LogP contribution >= 0.6 is 0 Å². The number of aromatic nitrogens is 1. The summed E-state index contributed by atoms with van der Waals surface area (Å²) in [5.74, 6) is 0.885. The fourth-order valence-electron chi connectivity index (χ4n) is 2.66. The van der Waals surface area contributed by atoms with E-state index in [1.807, 2.05) is 30.5 Å². The lowest BCUT2D eigenvalue weighted by molar-refractivity contribution is 0.305. The molecule has 1 saturated heterocycles. The molecule has 110 valence electrons. The van der Waals surface area contributed by atoms with Crippen molar-refractivity contribution in [3.05, 3.63) is 54.4 Å². The molecule has 2 N–H and O–H groups in total. The van der Waals surface area contributed by atoms with Crippen LogP contribution < -0.4 is 15.4 Å². The predicted molar refractivity (Wildman–Crippen MR) is 84.4 cm³/mol. The number of pyridine rings is 1. The maximum absolute atomic E-state index is 6.06. The Morgan fingerprint density at radius 3 is 3.05 bits per heavy atom. The number of ether oxygens (including phenoxy) is 1. The molecule has 1 aliphatic rings. The lowest BCUT2D eigenvalue weighted by Gasteiger charge is -2.32. The van der Waals surface area contributed by atoms with Crippen LogP contribution in [0.1, 0.15) is 18.4 Å². The molecule has 0 aliphatic carbocycles. The van der Waals surface area contributed by atoms with Crippen molar-refractivity contribution < 1.29 is 4.74 Å². The molecule has 1 aliphatic heterocycles. The first kappa shape index (κ1) is 13.9. The summed E-state index contributed by atoms with van der Waals surface area (Å²) in [5.41, 5.74) is 8.32. The second-order valence-corrected chi connectivity index (χ2v) is 5.50. The summed E-state index contributed by atoms with van der Waals surface area (Å²) in [4.78, 5) is 6.43. The number of hydrogen-bond donors (Lipinski definition) is 1. The van der Waals surface area contributed by atoms with E-state index in [2.05, 4.69) is 22.0 Å². The van der Waals surface area contributed by atoms with Gasteiger partial charge in [-0.2, -0.15) is 0 Å². The Labute approximate surface area is 125 Å². The highest BCUT2D eigenvalue weighted by molar-refractivity contribution is 5.51. The Bertz CT molecular complexity index is 573. The van der Waals surface area contributed by atoms with Gasteiger partial charge in [0.1, 0.15) is 12.4 Å². The zero-order chi connectivity index (χ0) is 14.5. The average molecular weight is 283 g/mol. The fourth-order valence-corrected chi connectivity index (χ4v) is 2.66. The first-order chi connectivity index (χ1) is 10.3. The van der Waals surface area contributed by atoms with E-state index in [0.29, 0.717) is 6.61 Å². The largest absolute Gasteiger partial charge is 0.489 e. The van der Waals surface area contributed by atoms with Crippen LogP contribution in [-0.2, 0) is 6.61 Å². The van der Waals surface area contributed by atoms with Crippen molar-refractivity contribution in [3.8, 4) is 5.75 Å². The number of rotatable bonds is 4. The summed E-state index contributed by atoms with van der Waals surface area (Å²) < 4.78 is 5.85. The average Bonchev–Trinajstić information content (AvgIpc) is 2.54. The molecule has 1 aromatic heterocycles. The maximum atomic E-state index is 6.06. The molecular formula is C17H21N3O. The number of anilines is 1. The second-order valence-electron chi connectivity index (χ2n) is 5.50. The van der Waals surface area contributed by atoms with Gasteiger partial charge in [0.15, 0.2) is 0 Å². The van der Waals surface area contributed by atoms with Crippen LogP contribution in [0.15, 0.2) is 48.8 Å². The number of hydrogen-bond acceptors (Lipinski definition) is 4. The van der Waals surface area contributed by atoms with E-state index in [1.165, 1.54) is 5.69 Å². The number of nitrogens with zero attached hydrogens (tertiary/aromatic N) is 2. The molecular weight excluding hydrogens is 262 g/mol. The Hall–Kier alpha value is -2.07. The van der Waals surface area contributed by atoms with Crippen LogP contribution in [0, 0.1) is 0 Å². The van der Waals surface area contributed by atoms with Crippen molar-refractivity contribution >= 4 is 5.69 Å². The Morgan fingerprint density at radius 1 is 1.29 bits per heavy atom. The van der Waals surface area contributed by atoms with Gasteiger partial charge < -0.3 is 15.4 Å². The Morgan fingerprint density at radius 2 is 2.24 bits per heavy atom. The third-order valence-electron chi connectivity index (χ3n) is 3.77. The van der Waals surface area contributed by atoms with E-state index in [-0.39, 0.29) is 6.04 Å². The lowest BCUT2D eigenvalue weighted by atomic mass is 10.1. The van der Waals surface area contributed by atoms with Gasteiger partial charge in [-0.15, -0.1) is 0 Å². The zero-order valence-electron chi connectivity index (χ0n) is 12.1. The van der Waals surface area contributed by atoms with E-state index in [1.54, 1.807) is 6.20 Å². The third-order valence-corrected chi connectivity index (χ3v) is 3.77. The Kier molecular flexibility index (Phi) is 4.36. The first-order valence-electron chi connectivity index (χ1n) is 7.43. The van der Waals surface area contributed by atoms with Gasteiger partial charge in [-0.05, 0) is 31.0 Å². The summed E-state index contributed by atoms with van der Waals surface area (Å²) in [7, 11) is 0. The van der Waals surface area contributed by atoms with Crippen molar-refractivity contribution in [2.24, 2.45) is 5.73 Å². The molecule has 0 bridgehead atoms. The molecule has 2 aromatic rings. The van der Waals surface area contributed by atoms with Crippen LogP contribution in [0.2, 0.25) is 0 Å². The normalized spacial score (nSPS) is 18.5. The number of benzene rings is 1. The minimum absolute atomic E-state index is 0.277. The lowest BCUT2D eigenvalue weighted by Crippen LogP contribution is -2.42. The van der Waals surface area contributed by atoms with Gasteiger partial charge in [0.2, 0.25) is 0 Å². The van der Waals surface area contributed by atoms with Crippen LogP contribution in [-0.4, -0.2) is 24.1 Å². The predicted octanol–water partition coefficient (Wildman–Crippen LogP) is 2.59. The molecule has 0 spiro atoms. The number of piperidine rings is 1. The zero-order valence-corrected chi connectivity index (χ0v) is 12.1. The SMILES string of the molecule is NC1CCCN(c2cccc(OCc3cccnc3)c2)C1. The van der Waals surface area contributed by atoms with Crippen LogP contribution in [0.5, 0.6) is 5.75 Å². The van der Waals surface area contributed by atoms with Crippen LogP contribution in [0.25, 0.3) is 0 Å². The maximum Gasteiger partial charge on any atom is 0.121 e. The Balaban J connectivity index is 1.65.